The number of hydrogen-bond donors (Lipinski definition) is 14. The minimum atomic E-state index is -1.74. The third kappa shape index (κ3) is 18.8. The van der Waals surface area contributed by atoms with Gasteiger partial charge in [0, 0.05) is 68.6 Å². The summed E-state index contributed by atoms with van der Waals surface area (Å²) in [7, 11) is 0. The fourth-order valence-electron chi connectivity index (χ4n) is 9.86. The van der Waals surface area contributed by atoms with Gasteiger partial charge in [0.2, 0.25) is 59.1 Å². The number of amides is 10. The summed E-state index contributed by atoms with van der Waals surface area (Å²) in [4.78, 5) is 154. The molecular weight excluding hydrogens is 1080 g/mol. The van der Waals surface area contributed by atoms with E-state index in [1.54, 1.807) is 37.4 Å². The Hall–Kier alpha value is -8.95. The van der Waals surface area contributed by atoms with Gasteiger partial charge in [0.1, 0.15) is 60.4 Å². The van der Waals surface area contributed by atoms with Gasteiger partial charge in [0.15, 0.2) is 5.96 Å². The smallest absolute Gasteiger partial charge is 0.245 e. The van der Waals surface area contributed by atoms with Crippen LogP contribution in [0.2, 0.25) is 0 Å². The molecule has 0 aliphatic carbocycles. The number of aromatic amines is 1. The Kier molecular flexibility index (Phi) is 23.4. The van der Waals surface area contributed by atoms with Crippen LogP contribution in [0.3, 0.4) is 0 Å². The molecule has 2 saturated heterocycles. The predicted molar refractivity (Wildman–Crippen MR) is 305 cm³/mol. The number of H-pyrrole nitrogens is 1. The molecule has 28 heteroatoms. The van der Waals surface area contributed by atoms with Crippen LogP contribution in [0.1, 0.15) is 83.3 Å². The summed E-state index contributed by atoms with van der Waals surface area (Å²) < 4.78 is 0. The average Bonchev–Trinajstić information content (AvgIpc) is 4.49. The highest BCUT2D eigenvalue weighted by molar-refractivity contribution is 5.99. The first-order valence-electron chi connectivity index (χ1n) is 27.7. The monoisotopic (exact) mass is 1150 g/mol. The number of benzene rings is 2. The number of nitrogens with one attached hydrogen (secondary N) is 10. The van der Waals surface area contributed by atoms with Crippen LogP contribution in [0, 0.1) is 5.92 Å². The molecule has 3 aromatic rings. The van der Waals surface area contributed by atoms with E-state index in [1.165, 1.54) is 41.7 Å². The van der Waals surface area contributed by atoms with E-state index in [9.17, 15) is 58.2 Å². The van der Waals surface area contributed by atoms with Gasteiger partial charge in [-0.25, -0.2) is 4.99 Å². The third-order valence-electron chi connectivity index (χ3n) is 14.1. The van der Waals surface area contributed by atoms with Crippen molar-refractivity contribution in [1.29, 1.82) is 0 Å². The van der Waals surface area contributed by atoms with Gasteiger partial charge in [-0.2, -0.15) is 0 Å². The second-order valence-electron chi connectivity index (χ2n) is 20.9. The average molecular weight is 1150 g/mol. The molecule has 0 spiro atoms. The first-order chi connectivity index (χ1) is 39.7. The maximum atomic E-state index is 14.4. The highest BCUT2D eigenvalue weighted by Gasteiger charge is 2.39. The standard InChI is InChI=1S/C55H76N16O12/c1-4-59-53(82)44-12-8-20-71(44)54(83)38(11-7-19-60-55(56)57)66-49(78)39(21-30(2)3)65-46(75)27-62-47(76)40(22-31-13-15-34(73)16-14-31)67-52(81)43(28-72)70-50(79)41(23-32-25-61-36-10-6-5-9-35(32)36)68-51(80)42(24-33-26-58-29-63-33)69-48(77)37-17-18-45(74)64-37/h5-6,9-10,13-16,25-26,29-30,33,37-44,61,72-73H,4,7-8,11-12,17-24,27-28H2,1-3H3,(H,59,82)(H,62,76)(H,64,74)(H,65,75)(H,66,78)(H,67,81)(H,68,80)(H,69,77)(H,70,79)(H4,56,57,60). The van der Waals surface area contributed by atoms with E-state index in [1.807, 2.05) is 13.8 Å². The number of phenolic OH excluding ortho intramolecular Hbond substituents is 1. The number of para-hydroxylation sites is 1. The molecule has 3 aliphatic rings. The number of aliphatic imine (C=N–C) groups is 3. The van der Waals surface area contributed by atoms with Crippen LogP contribution in [-0.4, -0.2) is 185 Å². The van der Waals surface area contributed by atoms with Crippen molar-refractivity contribution in [2.45, 2.75) is 139 Å². The lowest BCUT2D eigenvalue weighted by atomic mass is 10.0. The molecule has 448 valence electrons. The Labute approximate surface area is 479 Å². The van der Waals surface area contributed by atoms with Crippen molar-refractivity contribution in [2.24, 2.45) is 32.4 Å². The minimum Gasteiger partial charge on any atom is -0.508 e. The van der Waals surface area contributed by atoms with E-state index in [0.29, 0.717) is 35.9 Å². The molecule has 0 bridgehead atoms. The van der Waals surface area contributed by atoms with Crippen molar-refractivity contribution < 1.29 is 58.2 Å². The normalized spacial score (nSPS) is 18.4. The van der Waals surface area contributed by atoms with E-state index in [0.717, 1.165) is 5.52 Å². The quantitative estimate of drug-likeness (QED) is 0.0181. The number of carbonyl (C=O) groups is 10. The summed E-state index contributed by atoms with van der Waals surface area (Å²) in [6.45, 7) is 4.47. The Morgan fingerprint density at radius 2 is 1.46 bits per heavy atom. The van der Waals surface area contributed by atoms with Gasteiger partial charge >= 0.3 is 0 Å². The number of fused-ring (bicyclic) bond motifs is 1. The van der Waals surface area contributed by atoms with Crippen LogP contribution in [0.25, 0.3) is 10.9 Å². The minimum absolute atomic E-state index is 0.0740. The molecule has 28 nitrogen and oxygen atoms in total. The summed E-state index contributed by atoms with van der Waals surface area (Å²) >= 11 is 0. The van der Waals surface area contributed by atoms with Gasteiger partial charge in [0.25, 0.3) is 0 Å². The Morgan fingerprint density at radius 1 is 0.783 bits per heavy atom. The second-order valence-corrected chi connectivity index (χ2v) is 20.9. The Bertz CT molecular complexity index is 2890. The van der Waals surface area contributed by atoms with Crippen molar-refractivity contribution in [2.75, 3.05) is 32.8 Å². The molecule has 0 radical (unpaired) electrons. The number of nitrogens with two attached hydrogens (primary N) is 2. The Balaban J connectivity index is 1.16. The number of aromatic nitrogens is 1. The van der Waals surface area contributed by atoms with Crippen LogP contribution < -0.4 is 59.3 Å². The molecule has 0 saturated carbocycles. The number of aliphatic hydroxyl groups excluding tert-OH is 1. The van der Waals surface area contributed by atoms with Gasteiger partial charge in [-0.3, -0.25) is 57.9 Å². The molecule has 9 atom stereocenters. The number of guanidine groups is 1. The van der Waals surface area contributed by atoms with Crippen LogP contribution in [0.4, 0.5) is 0 Å². The van der Waals surface area contributed by atoms with Crippen LogP contribution in [0.5, 0.6) is 5.75 Å². The van der Waals surface area contributed by atoms with Crippen molar-refractivity contribution in [3.05, 3.63) is 65.9 Å². The zero-order valence-corrected chi connectivity index (χ0v) is 46.7. The fraction of sp³-hybridized carbons (Fsp3) is 0.509. The molecule has 1 aromatic heterocycles. The second kappa shape index (κ2) is 30.8. The number of carbonyl (C=O) groups excluding carboxylic acids is 10. The SMILES string of the molecule is CCNC(=O)C1CCCN1C(=O)C(CCCN=C(N)N)NC(=O)C(CC(C)C)NC(=O)CNC(=O)C(Cc1ccc(O)cc1)NC(=O)C(CO)NC(=O)C(Cc1c[nH]c2ccccc12)NC(=O)C(CC1C=NC=N1)NC(=O)C1CCC(=O)N1. The first kappa shape index (κ1) is 63.2. The fourth-order valence-corrected chi connectivity index (χ4v) is 9.86. The zero-order chi connectivity index (χ0) is 60.2. The van der Waals surface area contributed by atoms with Gasteiger partial charge in [-0.15, -0.1) is 0 Å². The van der Waals surface area contributed by atoms with Gasteiger partial charge in [-0.05, 0) is 80.7 Å². The van der Waals surface area contributed by atoms with Gasteiger partial charge in [-0.1, -0.05) is 44.2 Å². The molecule has 9 unspecified atom stereocenters. The first-order valence-corrected chi connectivity index (χ1v) is 27.7. The number of hydrogen-bond acceptors (Lipinski definition) is 15. The van der Waals surface area contributed by atoms with E-state index in [2.05, 4.69) is 67.8 Å². The lowest BCUT2D eigenvalue weighted by Gasteiger charge is -2.30. The summed E-state index contributed by atoms with van der Waals surface area (Å²) in [5, 5.41) is 45.0. The molecule has 2 aromatic carbocycles. The number of aliphatic hydroxyl groups is 1. The number of rotatable bonds is 30. The van der Waals surface area contributed by atoms with Crippen molar-refractivity contribution in [3.63, 3.8) is 0 Å². The third-order valence-corrected chi connectivity index (χ3v) is 14.1. The predicted octanol–water partition coefficient (Wildman–Crippen LogP) is -2.95. The highest BCUT2D eigenvalue weighted by Crippen LogP contribution is 2.22. The molecule has 2 fully saturated rings. The summed E-state index contributed by atoms with van der Waals surface area (Å²) in [5.74, 6) is -7.41. The largest absolute Gasteiger partial charge is 0.508 e. The number of nitrogens with zero attached hydrogens (tertiary/aromatic N) is 4. The van der Waals surface area contributed by atoms with E-state index >= 15 is 0 Å². The van der Waals surface area contributed by atoms with Crippen LogP contribution >= 0.6 is 0 Å². The lowest BCUT2D eigenvalue weighted by molar-refractivity contribution is -0.142. The van der Waals surface area contributed by atoms with E-state index in [4.69, 9.17) is 11.5 Å². The molecule has 10 amide bonds. The van der Waals surface area contributed by atoms with Crippen molar-refractivity contribution in [3.8, 4) is 5.75 Å². The van der Waals surface area contributed by atoms with E-state index in [-0.39, 0.29) is 93.9 Å². The Morgan fingerprint density at radius 3 is 2.12 bits per heavy atom. The number of aromatic hydroxyl groups is 1. The van der Waals surface area contributed by atoms with Crippen molar-refractivity contribution >= 4 is 88.5 Å². The maximum Gasteiger partial charge on any atom is 0.245 e. The number of likely N-dealkylation sites (N-methyl/N-ethyl adjacent to an activating group) is 1. The summed E-state index contributed by atoms with van der Waals surface area (Å²) in [5.41, 5.74) is 12.7. The molecule has 83 heavy (non-hydrogen) atoms. The van der Waals surface area contributed by atoms with E-state index < -0.39 is 115 Å². The summed E-state index contributed by atoms with van der Waals surface area (Å²) in [6, 6.07) is 2.29. The van der Waals surface area contributed by atoms with Crippen molar-refractivity contribution in [1.82, 2.24) is 57.7 Å². The molecular formula is C55H76N16O12. The molecule has 16 N–H and O–H groups in total. The van der Waals surface area contributed by atoms with Gasteiger partial charge < -0.3 is 79.4 Å². The molecule has 6 rings (SSSR count). The molecule has 4 heterocycles. The molecule has 3 aliphatic heterocycles. The maximum absolute atomic E-state index is 14.4. The van der Waals surface area contributed by atoms with Crippen LogP contribution in [-0.2, 0) is 60.8 Å². The zero-order valence-electron chi connectivity index (χ0n) is 46.7. The number of phenols is 1. The number of likely N-dealkylation sites (tertiary alicyclic amines) is 1. The topological polar surface area (TPSA) is 428 Å². The lowest BCUT2D eigenvalue weighted by Crippen LogP contribution is -2.60. The highest BCUT2D eigenvalue weighted by atomic mass is 16.3. The van der Waals surface area contributed by atoms with Gasteiger partial charge in [0.05, 0.1) is 19.2 Å². The van der Waals surface area contributed by atoms with Crippen LogP contribution in [0.15, 0.2) is 69.7 Å². The summed E-state index contributed by atoms with van der Waals surface area (Å²) in [6.07, 6.45) is 5.74.